The first-order valence-electron chi connectivity index (χ1n) is 11.4. The van der Waals surface area contributed by atoms with Gasteiger partial charge in [-0.2, -0.15) is 0 Å². The van der Waals surface area contributed by atoms with Crippen molar-refractivity contribution in [3.05, 3.63) is 71.8 Å². The van der Waals surface area contributed by atoms with Crippen molar-refractivity contribution < 1.29 is 9.53 Å². The van der Waals surface area contributed by atoms with Crippen molar-refractivity contribution in [1.29, 1.82) is 0 Å². The third kappa shape index (κ3) is 4.16. The minimum absolute atomic E-state index is 0.265. The van der Waals surface area contributed by atoms with Crippen LogP contribution in [0.1, 0.15) is 16.2 Å². The predicted molar refractivity (Wildman–Crippen MR) is 135 cm³/mol. The van der Waals surface area contributed by atoms with E-state index in [4.69, 9.17) is 9.72 Å². The topological polar surface area (TPSA) is 88.8 Å². The third-order valence-electron chi connectivity index (χ3n) is 6.13. The first-order chi connectivity index (χ1) is 17.2. The molecule has 10 heteroatoms. The van der Waals surface area contributed by atoms with Gasteiger partial charge in [0.05, 0.1) is 36.1 Å². The molecule has 0 N–H and O–H groups in total. The number of hydrogen-bond acceptors (Lipinski definition) is 8. The molecule has 0 saturated carbocycles. The fourth-order valence-electron chi connectivity index (χ4n) is 4.25. The Kier molecular flexibility index (Phi) is 5.69. The van der Waals surface area contributed by atoms with E-state index in [-0.39, 0.29) is 11.6 Å². The predicted octanol–water partition coefficient (Wildman–Crippen LogP) is 3.51. The molecule has 0 unspecified atom stereocenters. The Bertz CT molecular complexity index is 1520. The fraction of sp³-hybridized carbons (Fsp3) is 0.240. The highest BCUT2D eigenvalue weighted by Crippen LogP contribution is 2.30. The molecule has 1 aliphatic heterocycles. The standard InChI is InChI=1S/C25H23N7O2S/c1-30(24(33)21-13-27-19-6-2-3-7-20(19)28-21)23-18(5-4-8-26-23)22-15-32-17(16-35-25(32)29-22)14-31-9-11-34-12-10-31/h2-8,13,15-16H,9-12,14H2,1H3. The van der Waals surface area contributed by atoms with Gasteiger partial charge in [0.2, 0.25) is 0 Å². The van der Waals surface area contributed by atoms with E-state index < -0.39 is 0 Å². The van der Waals surface area contributed by atoms with Crippen LogP contribution < -0.4 is 4.90 Å². The highest BCUT2D eigenvalue weighted by atomic mass is 32.1. The van der Waals surface area contributed by atoms with Crippen molar-refractivity contribution in [2.45, 2.75) is 6.54 Å². The van der Waals surface area contributed by atoms with E-state index in [1.807, 2.05) is 42.6 Å². The number of imidazole rings is 1. The molecule has 176 valence electrons. The molecule has 1 amide bonds. The SMILES string of the molecule is CN(C(=O)c1cnc2ccccc2n1)c1ncccc1-c1cn2c(CN3CCOCC3)csc2n1. The van der Waals surface area contributed by atoms with Crippen molar-refractivity contribution in [2.75, 3.05) is 38.3 Å². The molecule has 0 aliphatic carbocycles. The van der Waals surface area contributed by atoms with Crippen molar-refractivity contribution in [3.8, 4) is 11.3 Å². The Morgan fingerprint density at radius 3 is 2.77 bits per heavy atom. The summed E-state index contributed by atoms with van der Waals surface area (Å²) in [6.45, 7) is 4.23. The number of pyridine rings is 1. The Labute approximate surface area is 205 Å². The normalized spacial score (nSPS) is 14.5. The van der Waals surface area contributed by atoms with Crippen LogP contribution in [-0.4, -0.2) is 68.5 Å². The lowest BCUT2D eigenvalue weighted by Gasteiger charge is -2.26. The second-order valence-corrected chi connectivity index (χ2v) is 9.21. The molecule has 0 atom stereocenters. The number of morpholine rings is 1. The average Bonchev–Trinajstić information content (AvgIpc) is 3.50. The van der Waals surface area contributed by atoms with Crippen molar-refractivity contribution in [3.63, 3.8) is 0 Å². The third-order valence-corrected chi connectivity index (χ3v) is 7.01. The summed E-state index contributed by atoms with van der Waals surface area (Å²) in [5.41, 5.74) is 4.43. The Hall–Kier alpha value is -3.73. The van der Waals surface area contributed by atoms with Gasteiger partial charge in [-0.3, -0.25) is 24.0 Å². The number of para-hydroxylation sites is 2. The average molecular weight is 486 g/mol. The van der Waals surface area contributed by atoms with Gasteiger partial charge < -0.3 is 4.74 Å². The van der Waals surface area contributed by atoms with Crippen LogP contribution in [0.5, 0.6) is 0 Å². The van der Waals surface area contributed by atoms with Crippen LogP contribution in [0.15, 0.2) is 60.4 Å². The van der Waals surface area contributed by atoms with Gasteiger partial charge in [-0.25, -0.2) is 15.0 Å². The number of ether oxygens (including phenoxy) is 1. The molecule has 35 heavy (non-hydrogen) atoms. The molecule has 9 nitrogen and oxygen atoms in total. The number of amides is 1. The van der Waals surface area contributed by atoms with Crippen LogP contribution in [-0.2, 0) is 11.3 Å². The molecular formula is C25H23N7O2S. The summed E-state index contributed by atoms with van der Waals surface area (Å²) in [7, 11) is 1.70. The number of carbonyl (C=O) groups is 1. The van der Waals surface area contributed by atoms with Crippen LogP contribution in [0.4, 0.5) is 5.82 Å². The molecule has 4 aromatic heterocycles. The zero-order valence-corrected chi connectivity index (χ0v) is 20.0. The van der Waals surface area contributed by atoms with Crippen LogP contribution in [0.25, 0.3) is 27.3 Å². The fourth-order valence-corrected chi connectivity index (χ4v) is 5.12. The number of rotatable bonds is 5. The maximum atomic E-state index is 13.3. The van der Waals surface area contributed by atoms with Gasteiger partial charge in [0.1, 0.15) is 11.5 Å². The maximum Gasteiger partial charge on any atom is 0.279 e. The Balaban J connectivity index is 1.31. The monoisotopic (exact) mass is 485 g/mol. The van der Waals surface area contributed by atoms with E-state index in [9.17, 15) is 4.79 Å². The largest absolute Gasteiger partial charge is 0.379 e. The molecule has 5 heterocycles. The Morgan fingerprint density at radius 1 is 1.09 bits per heavy atom. The van der Waals surface area contributed by atoms with Gasteiger partial charge >= 0.3 is 0 Å². The molecule has 1 aromatic carbocycles. The summed E-state index contributed by atoms with van der Waals surface area (Å²) < 4.78 is 7.60. The summed E-state index contributed by atoms with van der Waals surface area (Å²) in [6, 6.07) is 11.3. The number of carbonyl (C=O) groups excluding carboxylic acids is 1. The van der Waals surface area contributed by atoms with Gasteiger partial charge in [0.15, 0.2) is 4.96 Å². The van der Waals surface area contributed by atoms with Gasteiger partial charge in [-0.15, -0.1) is 11.3 Å². The Morgan fingerprint density at radius 2 is 1.91 bits per heavy atom. The maximum absolute atomic E-state index is 13.3. The highest BCUT2D eigenvalue weighted by molar-refractivity contribution is 7.15. The van der Waals surface area contributed by atoms with Gasteiger partial charge in [-0.05, 0) is 24.3 Å². The van der Waals surface area contributed by atoms with Gasteiger partial charge in [-0.1, -0.05) is 12.1 Å². The van der Waals surface area contributed by atoms with Crippen LogP contribution in [0.2, 0.25) is 0 Å². The van der Waals surface area contributed by atoms with Crippen LogP contribution in [0, 0.1) is 0 Å². The number of fused-ring (bicyclic) bond motifs is 2. The van der Waals surface area contributed by atoms with Crippen molar-refractivity contribution in [2.24, 2.45) is 0 Å². The number of thiazole rings is 1. The van der Waals surface area contributed by atoms with E-state index in [0.717, 1.165) is 54.6 Å². The van der Waals surface area contributed by atoms with Crippen LogP contribution >= 0.6 is 11.3 Å². The number of hydrogen-bond donors (Lipinski definition) is 0. The smallest absolute Gasteiger partial charge is 0.279 e. The van der Waals surface area contributed by atoms with E-state index in [1.165, 1.54) is 16.8 Å². The lowest BCUT2D eigenvalue weighted by atomic mass is 10.2. The molecule has 1 saturated heterocycles. The number of anilines is 1. The second kappa shape index (κ2) is 9.14. The molecule has 1 aliphatic rings. The highest BCUT2D eigenvalue weighted by Gasteiger charge is 2.22. The molecule has 5 aromatic rings. The second-order valence-electron chi connectivity index (χ2n) is 8.38. The zero-order chi connectivity index (χ0) is 23.8. The molecule has 0 spiro atoms. The molecule has 0 bridgehead atoms. The summed E-state index contributed by atoms with van der Waals surface area (Å²) in [5.74, 6) is 0.241. The summed E-state index contributed by atoms with van der Waals surface area (Å²) in [5, 5.41) is 2.15. The lowest BCUT2D eigenvalue weighted by molar-refractivity contribution is 0.0336. The van der Waals surface area contributed by atoms with E-state index in [1.54, 1.807) is 24.6 Å². The first kappa shape index (κ1) is 21.8. The van der Waals surface area contributed by atoms with E-state index in [2.05, 4.69) is 29.6 Å². The van der Waals surface area contributed by atoms with E-state index in [0.29, 0.717) is 11.3 Å². The number of benzene rings is 1. The first-order valence-corrected chi connectivity index (χ1v) is 12.3. The molecule has 0 radical (unpaired) electrons. The minimum Gasteiger partial charge on any atom is -0.379 e. The molecule has 6 rings (SSSR count). The number of aromatic nitrogens is 5. The molecular weight excluding hydrogens is 462 g/mol. The molecule has 1 fully saturated rings. The lowest BCUT2D eigenvalue weighted by Crippen LogP contribution is -2.35. The zero-order valence-electron chi connectivity index (χ0n) is 19.2. The minimum atomic E-state index is -0.280. The summed E-state index contributed by atoms with van der Waals surface area (Å²) in [4.78, 5) is 36.4. The van der Waals surface area contributed by atoms with E-state index >= 15 is 0 Å². The summed E-state index contributed by atoms with van der Waals surface area (Å²) >= 11 is 1.61. The van der Waals surface area contributed by atoms with Gasteiger partial charge in [0, 0.05) is 55.7 Å². The van der Waals surface area contributed by atoms with Crippen molar-refractivity contribution in [1.82, 2.24) is 29.2 Å². The van der Waals surface area contributed by atoms with Gasteiger partial charge in [0.25, 0.3) is 5.91 Å². The van der Waals surface area contributed by atoms with Crippen molar-refractivity contribution >= 4 is 39.1 Å². The summed E-state index contributed by atoms with van der Waals surface area (Å²) in [6.07, 6.45) is 5.21. The quantitative estimate of drug-likeness (QED) is 0.376. The van der Waals surface area contributed by atoms with Crippen LogP contribution in [0.3, 0.4) is 0 Å². The number of nitrogens with zero attached hydrogens (tertiary/aromatic N) is 7.